The normalized spacial score (nSPS) is 14.4. The largest absolute Gasteiger partial charge is 0.378 e. The Hall–Kier alpha value is -2.90. The molecule has 0 bridgehead atoms. The van der Waals surface area contributed by atoms with Gasteiger partial charge in [-0.1, -0.05) is 0 Å². The van der Waals surface area contributed by atoms with Crippen LogP contribution in [0.5, 0.6) is 0 Å². The third-order valence-corrected chi connectivity index (χ3v) is 4.21. The molecular formula is C17H23N7O. The monoisotopic (exact) mass is 341 g/mol. The minimum atomic E-state index is 0.107. The first-order valence-electron chi connectivity index (χ1n) is 8.27. The molecule has 1 fully saturated rings. The molecule has 0 radical (unpaired) electrons. The maximum absolute atomic E-state index is 11.4. The molecule has 0 unspecified atom stereocenters. The summed E-state index contributed by atoms with van der Waals surface area (Å²) in [7, 11) is 4.02. The number of rotatable bonds is 4. The van der Waals surface area contributed by atoms with Crippen LogP contribution >= 0.6 is 0 Å². The highest BCUT2D eigenvalue weighted by atomic mass is 16.2. The van der Waals surface area contributed by atoms with E-state index in [1.165, 1.54) is 0 Å². The van der Waals surface area contributed by atoms with Crippen molar-refractivity contribution in [2.24, 2.45) is 0 Å². The highest BCUT2D eigenvalue weighted by Crippen LogP contribution is 2.20. The molecule has 0 atom stereocenters. The van der Waals surface area contributed by atoms with Crippen LogP contribution in [0.4, 0.5) is 23.1 Å². The third kappa shape index (κ3) is 4.14. The maximum Gasteiger partial charge on any atom is 0.247 e. The van der Waals surface area contributed by atoms with Crippen LogP contribution < -0.4 is 15.1 Å². The van der Waals surface area contributed by atoms with Crippen LogP contribution in [0.2, 0.25) is 0 Å². The van der Waals surface area contributed by atoms with Crippen LogP contribution in [-0.2, 0) is 4.79 Å². The molecule has 8 heteroatoms. The molecule has 3 rings (SSSR count). The molecule has 0 aliphatic carbocycles. The number of nitrogens with zero attached hydrogens (tertiary/aromatic N) is 6. The Labute approximate surface area is 147 Å². The standard InChI is InChI=1S/C17H23N7O/c1-13(25)23-8-10-24(11-9-23)17-20-16(12-18-21-17)19-14-4-6-15(7-5-14)22(2)3/h4-7,12H,8-11H2,1-3H3,(H,19,20,21). The lowest BCUT2D eigenvalue weighted by molar-refractivity contribution is -0.129. The van der Waals surface area contributed by atoms with Crippen molar-refractivity contribution in [3.05, 3.63) is 30.5 Å². The fourth-order valence-corrected chi connectivity index (χ4v) is 2.70. The van der Waals surface area contributed by atoms with Crippen molar-refractivity contribution in [2.75, 3.05) is 55.4 Å². The van der Waals surface area contributed by atoms with Gasteiger partial charge in [0.15, 0.2) is 5.82 Å². The zero-order valence-electron chi connectivity index (χ0n) is 14.8. The van der Waals surface area contributed by atoms with E-state index in [1.807, 2.05) is 48.2 Å². The molecule has 1 amide bonds. The van der Waals surface area contributed by atoms with E-state index in [0.29, 0.717) is 37.9 Å². The number of amides is 1. The van der Waals surface area contributed by atoms with E-state index in [-0.39, 0.29) is 5.91 Å². The Bertz CT molecular complexity index is 724. The zero-order chi connectivity index (χ0) is 17.8. The van der Waals surface area contributed by atoms with Crippen molar-refractivity contribution in [1.29, 1.82) is 0 Å². The summed E-state index contributed by atoms with van der Waals surface area (Å²) in [6.07, 6.45) is 1.61. The number of carbonyl (C=O) groups excluding carboxylic acids is 1. The summed E-state index contributed by atoms with van der Waals surface area (Å²) in [5, 5.41) is 11.4. The predicted octanol–water partition coefficient (Wildman–Crippen LogP) is 1.35. The molecule has 1 aromatic heterocycles. The van der Waals surface area contributed by atoms with Crippen LogP contribution in [0.15, 0.2) is 30.5 Å². The van der Waals surface area contributed by atoms with Gasteiger partial charge in [0.25, 0.3) is 0 Å². The molecule has 2 heterocycles. The van der Waals surface area contributed by atoms with E-state index >= 15 is 0 Å². The molecule has 1 N–H and O–H groups in total. The van der Waals surface area contributed by atoms with Gasteiger partial charge in [0.2, 0.25) is 11.9 Å². The van der Waals surface area contributed by atoms with Gasteiger partial charge in [-0.15, -0.1) is 5.10 Å². The van der Waals surface area contributed by atoms with Crippen LogP contribution in [-0.4, -0.2) is 66.3 Å². The number of hydrogen-bond acceptors (Lipinski definition) is 7. The number of aromatic nitrogens is 3. The van der Waals surface area contributed by atoms with E-state index in [0.717, 1.165) is 11.4 Å². The Balaban J connectivity index is 1.66. The smallest absolute Gasteiger partial charge is 0.247 e. The van der Waals surface area contributed by atoms with Gasteiger partial charge < -0.3 is 20.0 Å². The second-order valence-corrected chi connectivity index (χ2v) is 6.20. The van der Waals surface area contributed by atoms with E-state index in [9.17, 15) is 4.79 Å². The van der Waals surface area contributed by atoms with Crippen molar-refractivity contribution in [2.45, 2.75) is 6.92 Å². The lowest BCUT2D eigenvalue weighted by atomic mass is 10.2. The average molecular weight is 341 g/mol. The average Bonchev–Trinajstić information content (AvgIpc) is 2.62. The second-order valence-electron chi connectivity index (χ2n) is 6.20. The van der Waals surface area contributed by atoms with Crippen LogP contribution in [0.1, 0.15) is 6.92 Å². The number of carbonyl (C=O) groups is 1. The van der Waals surface area contributed by atoms with E-state index < -0.39 is 0 Å². The lowest BCUT2D eigenvalue weighted by Gasteiger charge is -2.33. The summed E-state index contributed by atoms with van der Waals surface area (Å²) < 4.78 is 0. The van der Waals surface area contributed by atoms with E-state index in [2.05, 4.69) is 25.4 Å². The maximum atomic E-state index is 11.4. The molecule has 1 aromatic carbocycles. The molecule has 0 saturated carbocycles. The number of nitrogens with one attached hydrogen (secondary N) is 1. The van der Waals surface area contributed by atoms with Crippen molar-refractivity contribution in [1.82, 2.24) is 20.1 Å². The molecule has 1 aliphatic heterocycles. The molecule has 2 aromatic rings. The number of anilines is 4. The van der Waals surface area contributed by atoms with Gasteiger partial charge in [-0.25, -0.2) is 0 Å². The topological polar surface area (TPSA) is 77.5 Å². The van der Waals surface area contributed by atoms with Gasteiger partial charge in [-0.3, -0.25) is 4.79 Å². The molecular weight excluding hydrogens is 318 g/mol. The van der Waals surface area contributed by atoms with E-state index in [1.54, 1.807) is 13.1 Å². The third-order valence-electron chi connectivity index (χ3n) is 4.21. The van der Waals surface area contributed by atoms with E-state index in [4.69, 9.17) is 0 Å². The Kier molecular flexibility index (Phi) is 4.97. The first-order chi connectivity index (χ1) is 12.0. The van der Waals surface area contributed by atoms with Crippen molar-refractivity contribution < 1.29 is 4.79 Å². The number of hydrogen-bond donors (Lipinski definition) is 1. The van der Waals surface area contributed by atoms with Crippen molar-refractivity contribution in [3.8, 4) is 0 Å². The Morgan fingerprint density at radius 3 is 2.40 bits per heavy atom. The summed E-state index contributed by atoms with van der Waals surface area (Å²) in [6, 6.07) is 8.09. The SMILES string of the molecule is CC(=O)N1CCN(c2nncc(Nc3ccc(N(C)C)cc3)n2)CC1. The van der Waals surface area contributed by atoms with Crippen molar-refractivity contribution in [3.63, 3.8) is 0 Å². The molecule has 132 valence electrons. The number of benzene rings is 1. The van der Waals surface area contributed by atoms with Crippen LogP contribution in [0.3, 0.4) is 0 Å². The summed E-state index contributed by atoms with van der Waals surface area (Å²) in [5.74, 6) is 1.34. The lowest BCUT2D eigenvalue weighted by Crippen LogP contribution is -2.48. The minimum Gasteiger partial charge on any atom is -0.378 e. The summed E-state index contributed by atoms with van der Waals surface area (Å²) in [6.45, 7) is 4.38. The van der Waals surface area contributed by atoms with Crippen LogP contribution in [0, 0.1) is 0 Å². The molecule has 1 saturated heterocycles. The quantitative estimate of drug-likeness (QED) is 0.899. The zero-order valence-corrected chi connectivity index (χ0v) is 14.8. The first kappa shape index (κ1) is 16.9. The minimum absolute atomic E-state index is 0.107. The number of piperazine rings is 1. The Morgan fingerprint density at radius 2 is 1.80 bits per heavy atom. The first-order valence-corrected chi connectivity index (χ1v) is 8.27. The highest BCUT2D eigenvalue weighted by molar-refractivity contribution is 5.73. The summed E-state index contributed by atoms with van der Waals surface area (Å²) in [4.78, 5) is 21.9. The van der Waals surface area contributed by atoms with Gasteiger partial charge in [-0.05, 0) is 24.3 Å². The van der Waals surface area contributed by atoms with Crippen molar-refractivity contribution >= 4 is 29.0 Å². The Morgan fingerprint density at radius 1 is 1.12 bits per heavy atom. The molecule has 0 spiro atoms. The molecule has 1 aliphatic rings. The van der Waals surface area contributed by atoms with Gasteiger partial charge in [0, 0.05) is 58.6 Å². The van der Waals surface area contributed by atoms with Crippen LogP contribution in [0.25, 0.3) is 0 Å². The summed E-state index contributed by atoms with van der Waals surface area (Å²) in [5.41, 5.74) is 2.08. The van der Waals surface area contributed by atoms with Gasteiger partial charge in [0.1, 0.15) is 0 Å². The fraction of sp³-hybridized carbons (Fsp3) is 0.412. The van der Waals surface area contributed by atoms with Gasteiger partial charge in [0.05, 0.1) is 6.20 Å². The molecule has 25 heavy (non-hydrogen) atoms. The fourth-order valence-electron chi connectivity index (χ4n) is 2.70. The van der Waals surface area contributed by atoms with Gasteiger partial charge in [-0.2, -0.15) is 10.1 Å². The molecule has 8 nitrogen and oxygen atoms in total. The highest BCUT2D eigenvalue weighted by Gasteiger charge is 2.20. The predicted molar refractivity (Wildman–Crippen MR) is 98.3 cm³/mol. The van der Waals surface area contributed by atoms with Gasteiger partial charge >= 0.3 is 0 Å². The summed E-state index contributed by atoms with van der Waals surface area (Å²) >= 11 is 0. The second kappa shape index (κ2) is 7.33.